The molecule has 0 saturated heterocycles. The third-order valence-electron chi connectivity index (χ3n) is 10.9. The zero-order chi connectivity index (χ0) is 38.6. The summed E-state index contributed by atoms with van der Waals surface area (Å²) in [6.45, 7) is 0. The van der Waals surface area contributed by atoms with Crippen molar-refractivity contribution in [1.29, 1.82) is 5.26 Å². The van der Waals surface area contributed by atoms with Crippen molar-refractivity contribution in [3.05, 3.63) is 194 Å². The number of hydrogen-bond acceptors (Lipinski definition) is 5. The summed E-state index contributed by atoms with van der Waals surface area (Å²) in [6.07, 6.45) is 0. The maximum atomic E-state index is 9.40. The zero-order valence-electron chi connectivity index (χ0n) is 31.0. The number of rotatable bonds is 6. The molecule has 6 heteroatoms. The van der Waals surface area contributed by atoms with E-state index in [1.165, 1.54) is 0 Å². The van der Waals surface area contributed by atoms with Crippen LogP contribution in [0.2, 0.25) is 0 Å². The lowest BCUT2D eigenvalue weighted by molar-refractivity contribution is 0.669. The summed E-state index contributed by atoms with van der Waals surface area (Å²) < 4.78 is 8.53. The van der Waals surface area contributed by atoms with Gasteiger partial charge in [-0.05, 0) is 82.9 Å². The first kappa shape index (κ1) is 33.2. The van der Waals surface area contributed by atoms with E-state index in [4.69, 9.17) is 19.4 Å². The number of furan rings is 1. The fraction of sp³-hybridized carbons (Fsp3) is 0. The van der Waals surface area contributed by atoms with Crippen LogP contribution in [-0.4, -0.2) is 19.5 Å². The number of nitriles is 1. The van der Waals surface area contributed by atoms with Gasteiger partial charge in [0.1, 0.15) is 11.2 Å². The summed E-state index contributed by atoms with van der Waals surface area (Å²) in [4.78, 5) is 15.5. The molecular formula is C52H31N5O. The molecule has 0 fully saturated rings. The van der Waals surface area contributed by atoms with Gasteiger partial charge in [0.25, 0.3) is 0 Å². The van der Waals surface area contributed by atoms with Crippen molar-refractivity contribution < 1.29 is 4.42 Å². The molecule has 0 bridgehead atoms. The maximum absolute atomic E-state index is 9.40. The highest BCUT2D eigenvalue weighted by Crippen LogP contribution is 2.40. The monoisotopic (exact) mass is 741 g/mol. The van der Waals surface area contributed by atoms with E-state index in [1.807, 2.05) is 103 Å². The normalized spacial score (nSPS) is 11.4. The first-order chi connectivity index (χ1) is 28.7. The zero-order valence-corrected chi connectivity index (χ0v) is 31.0. The van der Waals surface area contributed by atoms with Crippen LogP contribution in [0.4, 0.5) is 0 Å². The van der Waals surface area contributed by atoms with Gasteiger partial charge >= 0.3 is 0 Å². The molecule has 270 valence electrons. The quantitative estimate of drug-likeness (QED) is 0.169. The summed E-state index contributed by atoms with van der Waals surface area (Å²) in [5.41, 5.74) is 12.3. The predicted octanol–water partition coefficient (Wildman–Crippen LogP) is 13.1. The lowest BCUT2D eigenvalue weighted by Crippen LogP contribution is -2.04. The highest BCUT2D eigenvalue weighted by Gasteiger charge is 2.21. The number of nitrogens with zero attached hydrogens (tertiary/aromatic N) is 5. The van der Waals surface area contributed by atoms with Crippen LogP contribution >= 0.6 is 0 Å². The molecule has 3 heterocycles. The molecule has 0 atom stereocenters. The van der Waals surface area contributed by atoms with Crippen molar-refractivity contribution in [2.45, 2.75) is 0 Å². The molecule has 0 aliphatic heterocycles. The third-order valence-corrected chi connectivity index (χ3v) is 10.9. The average Bonchev–Trinajstić information content (AvgIpc) is 3.84. The largest absolute Gasteiger partial charge is 0.456 e. The Morgan fingerprint density at radius 3 is 1.67 bits per heavy atom. The summed E-state index contributed by atoms with van der Waals surface area (Å²) >= 11 is 0. The Morgan fingerprint density at radius 2 is 0.931 bits per heavy atom. The summed E-state index contributed by atoms with van der Waals surface area (Å²) in [5.74, 6) is 1.77. The van der Waals surface area contributed by atoms with Gasteiger partial charge in [-0.2, -0.15) is 5.26 Å². The Balaban J connectivity index is 1.18. The predicted molar refractivity (Wildman–Crippen MR) is 233 cm³/mol. The van der Waals surface area contributed by atoms with Crippen LogP contribution < -0.4 is 0 Å². The van der Waals surface area contributed by atoms with Crippen LogP contribution in [0.1, 0.15) is 5.56 Å². The second kappa shape index (κ2) is 13.6. The van der Waals surface area contributed by atoms with Crippen molar-refractivity contribution in [3.8, 4) is 68.2 Å². The van der Waals surface area contributed by atoms with E-state index in [2.05, 4.69) is 95.6 Å². The molecule has 0 spiro atoms. The number of hydrogen-bond donors (Lipinski definition) is 0. The Kier molecular flexibility index (Phi) is 7.76. The molecule has 0 N–H and O–H groups in total. The van der Waals surface area contributed by atoms with E-state index >= 15 is 0 Å². The number of benzene rings is 8. The molecule has 0 unspecified atom stereocenters. The number of fused-ring (bicyclic) bond motifs is 6. The van der Waals surface area contributed by atoms with E-state index in [0.717, 1.165) is 88.4 Å². The van der Waals surface area contributed by atoms with Gasteiger partial charge in [-0.25, -0.2) is 15.0 Å². The fourth-order valence-electron chi connectivity index (χ4n) is 8.07. The lowest BCUT2D eigenvalue weighted by Gasteiger charge is -2.16. The molecule has 0 aliphatic carbocycles. The highest BCUT2D eigenvalue weighted by atomic mass is 16.3. The highest BCUT2D eigenvalue weighted by molar-refractivity contribution is 6.11. The SMILES string of the molecule is N#Cc1ccc(-c2ccc3c(c2)c2ccccc2n3-c2ccc(-c3ccc4oc5ccccc5c4c3)cc2-c2nc(-c3ccccc3)nc(-c3ccccc3)n2)cc1. The Bertz CT molecular complexity index is 3340. The van der Waals surface area contributed by atoms with Gasteiger partial charge in [-0.3, -0.25) is 0 Å². The van der Waals surface area contributed by atoms with Crippen molar-refractivity contribution >= 4 is 43.7 Å². The van der Waals surface area contributed by atoms with Gasteiger partial charge in [-0.1, -0.05) is 127 Å². The molecule has 6 nitrogen and oxygen atoms in total. The lowest BCUT2D eigenvalue weighted by atomic mass is 9.99. The van der Waals surface area contributed by atoms with Crippen LogP contribution in [0.15, 0.2) is 192 Å². The fourth-order valence-corrected chi connectivity index (χ4v) is 8.07. The van der Waals surface area contributed by atoms with E-state index in [9.17, 15) is 5.26 Å². The van der Waals surface area contributed by atoms with E-state index in [-0.39, 0.29) is 0 Å². The minimum absolute atomic E-state index is 0.569. The van der Waals surface area contributed by atoms with Gasteiger partial charge in [0, 0.05) is 38.2 Å². The smallest absolute Gasteiger partial charge is 0.166 e. The van der Waals surface area contributed by atoms with Crippen molar-refractivity contribution in [1.82, 2.24) is 19.5 Å². The van der Waals surface area contributed by atoms with Gasteiger partial charge < -0.3 is 8.98 Å². The third kappa shape index (κ3) is 5.61. The standard InChI is InChI=1S/C52H31N5O/c53-32-33-19-21-34(22-20-33)37-23-26-46-42(29-37)40-15-7-9-17-45(40)57(46)47-27-24-38(39-25-28-49-43(30-39)41-16-8-10-18-48(41)58-49)31-44(47)52-55-50(35-11-3-1-4-12-35)54-51(56-52)36-13-5-2-6-14-36/h1-31H. The van der Waals surface area contributed by atoms with Gasteiger partial charge in [0.2, 0.25) is 0 Å². The van der Waals surface area contributed by atoms with Crippen molar-refractivity contribution in [3.63, 3.8) is 0 Å². The molecule has 11 aromatic rings. The molecule has 0 aliphatic rings. The van der Waals surface area contributed by atoms with Crippen LogP contribution in [0, 0.1) is 11.3 Å². The topological polar surface area (TPSA) is 80.5 Å². The Hall–Kier alpha value is -8.14. The summed E-state index contributed by atoms with van der Waals surface area (Å²) in [6, 6.07) is 66.4. The molecular weight excluding hydrogens is 711 g/mol. The molecule has 0 radical (unpaired) electrons. The average molecular weight is 742 g/mol. The molecule has 0 amide bonds. The second-order valence-corrected chi connectivity index (χ2v) is 14.4. The molecule has 11 rings (SSSR count). The first-order valence-corrected chi connectivity index (χ1v) is 19.2. The second-order valence-electron chi connectivity index (χ2n) is 14.4. The van der Waals surface area contributed by atoms with Crippen LogP contribution in [0.25, 0.3) is 106 Å². The van der Waals surface area contributed by atoms with E-state index in [0.29, 0.717) is 23.0 Å². The first-order valence-electron chi connectivity index (χ1n) is 19.2. The number of aromatic nitrogens is 4. The minimum Gasteiger partial charge on any atom is -0.456 e. The maximum Gasteiger partial charge on any atom is 0.166 e. The van der Waals surface area contributed by atoms with Gasteiger partial charge in [0.05, 0.1) is 28.4 Å². The molecule has 58 heavy (non-hydrogen) atoms. The summed E-state index contributed by atoms with van der Waals surface area (Å²) in [7, 11) is 0. The Morgan fingerprint density at radius 1 is 0.397 bits per heavy atom. The van der Waals surface area contributed by atoms with E-state index < -0.39 is 0 Å². The van der Waals surface area contributed by atoms with Gasteiger partial charge in [0.15, 0.2) is 17.5 Å². The molecule has 0 saturated carbocycles. The summed E-state index contributed by atoms with van der Waals surface area (Å²) in [5, 5.41) is 13.8. The van der Waals surface area contributed by atoms with E-state index in [1.54, 1.807) is 0 Å². The number of para-hydroxylation sites is 2. The van der Waals surface area contributed by atoms with Crippen LogP contribution in [-0.2, 0) is 0 Å². The van der Waals surface area contributed by atoms with Crippen LogP contribution in [0.3, 0.4) is 0 Å². The van der Waals surface area contributed by atoms with Crippen molar-refractivity contribution in [2.24, 2.45) is 0 Å². The minimum atomic E-state index is 0.569. The molecule has 8 aromatic carbocycles. The molecule has 3 aromatic heterocycles. The Labute approximate surface area is 333 Å². The van der Waals surface area contributed by atoms with Gasteiger partial charge in [-0.15, -0.1) is 0 Å². The van der Waals surface area contributed by atoms with Crippen LogP contribution in [0.5, 0.6) is 0 Å². The van der Waals surface area contributed by atoms with Crippen molar-refractivity contribution in [2.75, 3.05) is 0 Å².